The quantitative estimate of drug-likeness (QED) is 0.900. The van der Waals surface area contributed by atoms with Crippen molar-refractivity contribution < 1.29 is 4.74 Å². The Morgan fingerprint density at radius 3 is 3.13 bits per heavy atom. The third kappa shape index (κ3) is 3.68. The van der Waals surface area contributed by atoms with Crippen LogP contribution >= 0.6 is 0 Å². The van der Waals surface area contributed by atoms with E-state index in [9.17, 15) is 4.79 Å². The molecule has 0 bridgehead atoms. The maximum Gasteiger partial charge on any atom is 0.293 e. The Bertz CT molecular complexity index is 730. The number of aryl methyl sites for hydroxylation is 2. The van der Waals surface area contributed by atoms with E-state index in [0.717, 1.165) is 24.6 Å². The van der Waals surface area contributed by atoms with E-state index >= 15 is 0 Å². The number of nitrogens with one attached hydrogen (secondary N) is 1. The highest BCUT2D eigenvalue weighted by atomic mass is 16.5. The lowest BCUT2D eigenvalue weighted by Gasteiger charge is -2.34. The lowest BCUT2D eigenvalue weighted by molar-refractivity contribution is 0.0489. The van der Waals surface area contributed by atoms with Crippen LogP contribution in [0.2, 0.25) is 0 Å². The summed E-state index contributed by atoms with van der Waals surface area (Å²) in [5.74, 6) is 1.32. The van der Waals surface area contributed by atoms with Gasteiger partial charge in [0.15, 0.2) is 5.82 Å². The number of anilines is 2. The van der Waals surface area contributed by atoms with Crippen molar-refractivity contribution in [2.24, 2.45) is 7.05 Å². The normalized spacial score (nSPS) is 18.0. The molecule has 1 aliphatic heterocycles. The molecule has 0 radical (unpaired) electrons. The second-order valence-corrected chi connectivity index (χ2v) is 5.65. The molecule has 23 heavy (non-hydrogen) atoms. The van der Waals surface area contributed by atoms with Crippen LogP contribution < -0.4 is 15.8 Å². The van der Waals surface area contributed by atoms with Crippen molar-refractivity contribution in [3.63, 3.8) is 0 Å². The van der Waals surface area contributed by atoms with Gasteiger partial charge >= 0.3 is 0 Å². The number of morpholine rings is 1. The molecule has 122 valence electrons. The number of rotatable bonds is 4. The molecule has 1 aliphatic rings. The van der Waals surface area contributed by atoms with Gasteiger partial charge in [-0.05, 0) is 19.1 Å². The summed E-state index contributed by atoms with van der Waals surface area (Å²) in [4.78, 5) is 22.8. The minimum Gasteiger partial charge on any atom is -0.373 e. The molecule has 7 nitrogen and oxygen atoms in total. The fourth-order valence-corrected chi connectivity index (χ4v) is 2.59. The molecular formula is C16H21N5O2. The fourth-order valence-electron chi connectivity index (χ4n) is 2.59. The van der Waals surface area contributed by atoms with Crippen molar-refractivity contribution in [2.45, 2.75) is 13.0 Å². The van der Waals surface area contributed by atoms with Gasteiger partial charge in [-0.25, -0.2) is 9.97 Å². The largest absolute Gasteiger partial charge is 0.373 e. The van der Waals surface area contributed by atoms with Crippen molar-refractivity contribution in [1.82, 2.24) is 14.5 Å². The van der Waals surface area contributed by atoms with Gasteiger partial charge in [-0.15, -0.1) is 0 Å². The van der Waals surface area contributed by atoms with Gasteiger partial charge in [0.25, 0.3) is 5.56 Å². The predicted octanol–water partition coefficient (Wildman–Crippen LogP) is 0.801. The van der Waals surface area contributed by atoms with Gasteiger partial charge in [0.2, 0.25) is 0 Å². The Morgan fingerprint density at radius 2 is 2.30 bits per heavy atom. The highest BCUT2D eigenvalue weighted by Crippen LogP contribution is 2.15. The second-order valence-electron chi connectivity index (χ2n) is 5.65. The van der Waals surface area contributed by atoms with Crippen LogP contribution in [-0.4, -0.2) is 46.9 Å². The number of hydrogen-bond acceptors (Lipinski definition) is 6. The van der Waals surface area contributed by atoms with Crippen LogP contribution in [0.3, 0.4) is 0 Å². The molecule has 1 fully saturated rings. The number of ether oxygens (including phenoxy) is 1. The Kier molecular flexibility index (Phi) is 4.57. The summed E-state index contributed by atoms with van der Waals surface area (Å²) in [5, 5.41) is 3.09. The van der Waals surface area contributed by atoms with Gasteiger partial charge in [-0.1, -0.05) is 6.07 Å². The van der Waals surface area contributed by atoms with Crippen LogP contribution in [0, 0.1) is 6.92 Å². The average molecular weight is 315 g/mol. The minimum atomic E-state index is -0.138. The van der Waals surface area contributed by atoms with E-state index in [1.54, 1.807) is 19.4 Å². The highest BCUT2D eigenvalue weighted by Gasteiger charge is 2.21. The molecule has 0 aromatic carbocycles. The van der Waals surface area contributed by atoms with Gasteiger partial charge in [-0.2, -0.15) is 0 Å². The molecular weight excluding hydrogens is 294 g/mol. The second kappa shape index (κ2) is 6.78. The summed E-state index contributed by atoms with van der Waals surface area (Å²) in [6, 6.07) is 6.01. The summed E-state index contributed by atoms with van der Waals surface area (Å²) in [6.45, 7) is 4.71. The lowest BCUT2D eigenvalue weighted by Crippen LogP contribution is -2.46. The molecule has 2 aromatic heterocycles. The molecule has 3 heterocycles. The van der Waals surface area contributed by atoms with Gasteiger partial charge in [0.05, 0.1) is 12.7 Å². The maximum atomic E-state index is 11.9. The van der Waals surface area contributed by atoms with E-state index in [0.29, 0.717) is 19.0 Å². The average Bonchev–Trinajstić information content (AvgIpc) is 2.56. The van der Waals surface area contributed by atoms with Crippen LogP contribution in [0.25, 0.3) is 0 Å². The first kappa shape index (κ1) is 15.5. The first-order valence-electron chi connectivity index (χ1n) is 7.69. The molecule has 3 rings (SSSR count). The standard InChI is InChI=1S/C16H21N5O2/c1-12-4-3-5-14(19-12)21-8-9-23-13(11-21)10-18-15-16(22)20(2)7-6-17-15/h3-7,13H,8-11H2,1-2H3,(H,17,18). The molecule has 2 aromatic rings. The third-order valence-corrected chi connectivity index (χ3v) is 3.85. The summed E-state index contributed by atoms with van der Waals surface area (Å²) in [7, 11) is 1.71. The van der Waals surface area contributed by atoms with E-state index in [1.165, 1.54) is 4.57 Å². The smallest absolute Gasteiger partial charge is 0.293 e. The van der Waals surface area contributed by atoms with Crippen LogP contribution in [0.1, 0.15) is 5.69 Å². The number of pyridine rings is 1. The number of nitrogens with zero attached hydrogens (tertiary/aromatic N) is 4. The first-order valence-corrected chi connectivity index (χ1v) is 7.69. The van der Waals surface area contributed by atoms with Crippen molar-refractivity contribution in [3.05, 3.63) is 46.6 Å². The van der Waals surface area contributed by atoms with Crippen molar-refractivity contribution in [1.29, 1.82) is 0 Å². The van der Waals surface area contributed by atoms with Crippen molar-refractivity contribution in [3.8, 4) is 0 Å². The Morgan fingerprint density at radius 1 is 1.43 bits per heavy atom. The van der Waals surface area contributed by atoms with Crippen LogP contribution in [-0.2, 0) is 11.8 Å². The summed E-state index contributed by atoms with van der Waals surface area (Å²) < 4.78 is 7.28. The zero-order valence-electron chi connectivity index (χ0n) is 13.4. The molecule has 0 saturated carbocycles. The van der Waals surface area contributed by atoms with E-state index in [4.69, 9.17) is 4.74 Å². The maximum absolute atomic E-state index is 11.9. The van der Waals surface area contributed by atoms with E-state index in [1.807, 2.05) is 25.1 Å². The Hall–Kier alpha value is -2.41. The first-order chi connectivity index (χ1) is 11.1. The van der Waals surface area contributed by atoms with Gasteiger partial charge in [0, 0.05) is 44.8 Å². The molecule has 0 amide bonds. The highest BCUT2D eigenvalue weighted by molar-refractivity contribution is 5.40. The fraction of sp³-hybridized carbons (Fsp3) is 0.438. The topological polar surface area (TPSA) is 72.3 Å². The van der Waals surface area contributed by atoms with Crippen LogP contribution in [0.5, 0.6) is 0 Å². The number of aromatic nitrogens is 3. The summed E-state index contributed by atoms with van der Waals surface area (Å²) in [5.41, 5.74) is 0.862. The van der Waals surface area contributed by atoms with Crippen molar-refractivity contribution >= 4 is 11.6 Å². The lowest BCUT2D eigenvalue weighted by atomic mass is 10.2. The van der Waals surface area contributed by atoms with Crippen molar-refractivity contribution in [2.75, 3.05) is 36.5 Å². The third-order valence-electron chi connectivity index (χ3n) is 3.85. The SMILES string of the molecule is Cc1cccc(N2CCOC(CNc3nccn(C)c3=O)C2)n1. The van der Waals surface area contributed by atoms with E-state index in [2.05, 4.69) is 20.2 Å². The van der Waals surface area contributed by atoms with Gasteiger partial charge in [-0.3, -0.25) is 4.79 Å². The minimum absolute atomic E-state index is 0.0159. The molecule has 1 saturated heterocycles. The molecule has 0 aliphatic carbocycles. The van der Waals surface area contributed by atoms with Gasteiger partial charge < -0.3 is 19.5 Å². The Balaban J connectivity index is 1.63. The zero-order chi connectivity index (χ0) is 16.2. The molecule has 7 heteroatoms. The zero-order valence-corrected chi connectivity index (χ0v) is 13.4. The van der Waals surface area contributed by atoms with Crippen LogP contribution in [0.15, 0.2) is 35.4 Å². The molecule has 1 atom stereocenters. The molecule has 0 spiro atoms. The van der Waals surface area contributed by atoms with E-state index in [-0.39, 0.29) is 11.7 Å². The summed E-state index contributed by atoms with van der Waals surface area (Å²) in [6.07, 6.45) is 3.22. The van der Waals surface area contributed by atoms with Gasteiger partial charge in [0.1, 0.15) is 5.82 Å². The molecule has 1 N–H and O–H groups in total. The number of hydrogen-bond donors (Lipinski definition) is 1. The van der Waals surface area contributed by atoms with E-state index < -0.39 is 0 Å². The Labute approximate surface area is 134 Å². The van der Waals surface area contributed by atoms with Crippen LogP contribution in [0.4, 0.5) is 11.6 Å². The predicted molar refractivity (Wildman–Crippen MR) is 88.9 cm³/mol. The summed E-state index contributed by atoms with van der Waals surface area (Å²) >= 11 is 0. The molecule has 1 unspecified atom stereocenters. The monoisotopic (exact) mass is 315 g/mol.